The molecular formula is C24H17F2N3O3S. The number of carbonyl (C=O) groups excluding carboxylic acids is 1. The summed E-state index contributed by atoms with van der Waals surface area (Å²) in [5.41, 5.74) is 1.76. The Morgan fingerprint density at radius 1 is 0.879 bits per heavy atom. The number of thioether (sulfide) groups is 1. The third-order valence-corrected chi connectivity index (χ3v) is 5.95. The molecule has 1 aliphatic rings. The van der Waals surface area contributed by atoms with E-state index in [0.29, 0.717) is 52.5 Å². The Kier molecular flexibility index (Phi) is 5.78. The zero-order valence-corrected chi connectivity index (χ0v) is 18.0. The molecule has 0 N–H and O–H groups in total. The van der Waals surface area contributed by atoms with Gasteiger partial charge in [0.1, 0.15) is 24.8 Å². The second-order valence-electron chi connectivity index (χ2n) is 7.20. The Hall–Kier alpha value is -3.72. The Morgan fingerprint density at radius 3 is 2.27 bits per heavy atom. The molecule has 0 bridgehead atoms. The van der Waals surface area contributed by atoms with E-state index in [0.717, 1.165) is 0 Å². The number of benzene rings is 3. The number of ether oxygens (including phenoxy) is 2. The Morgan fingerprint density at radius 2 is 1.55 bits per heavy atom. The van der Waals surface area contributed by atoms with Crippen molar-refractivity contribution in [1.29, 1.82) is 0 Å². The van der Waals surface area contributed by atoms with E-state index in [2.05, 4.69) is 10.2 Å². The van der Waals surface area contributed by atoms with E-state index >= 15 is 0 Å². The number of hydrogen-bond donors (Lipinski definition) is 0. The van der Waals surface area contributed by atoms with Gasteiger partial charge in [-0.1, -0.05) is 11.8 Å². The molecule has 1 aliphatic heterocycles. The topological polar surface area (TPSA) is 66.2 Å². The van der Waals surface area contributed by atoms with E-state index < -0.39 is 0 Å². The summed E-state index contributed by atoms with van der Waals surface area (Å²) in [5, 5.41) is 8.94. The van der Waals surface area contributed by atoms with Gasteiger partial charge in [0.25, 0.3) is 0 Å². The zero-order valence-electron chi connectivity index (χ0n) is 17.2. The predicted molar refractivity (Wildman–Crippen MR) is 119 cm³/mol. The molecule has 3 aromatic carbocycles. The van der Waals surface area contributed by atoms with Crippen LogP contribution in [0.2, 0.25) is 0 Å². The number of rotatable bonds is 6. The maximum atomic E-state index is 13.5. The summed E-state index contributed by atoms with van der Waals surface area (Å²) in [6, 6.07) is 16.8. The molecule has 33 heavy (non-hydrogen) atoms. The van der Waals surface area contributed by atoms with Crippen LogP contribution in [0.3, 0.4) is 0 Å². The average molecular weight is 465 g/mol. The van der Waals surface area contributed by atoms with Gasteiger partial charge in [0.05, 0.1) is 5.75 Å². The standard InChI is InChI=1S/C24H17F2N3O3S/c25-17-4-1-15(2-5-17)23-27-28-24(29(23)19-8-6-18(26)7-9-19)33-14-20(30)16-3-10-21-22(13-16)32-12-11-31-21/h1-10,13H,11-12,14H2. The van der Waals surface area contributed by atoms with Crippen molar-refractivity contribution in [2.45, 2.75) is 5.16 Å². The van der Waals surface area contributed by atoms with Crippen LogP contribution in [0.4, 0.5) is 8.78 Å². The molecule has 0 aliphatic carbocycles. The van der Waals surface area contributed by atoms with Gasteiger partial charge in [-0.15, -0.1) is 10.2 Å². The van der Waals surface area contributed by atoms with Crippen LogP contribution in [-0.2, 0) is 0 Å². The fourth-order valence-electron chi connectivity index (χ4n) is 3.40. The minimum Gasteiger partial charge on any atom is -0.486 e. The number of Topliss-reactive ketones (excluding diaryl/α,β-unsaturated/α-hetero) is 1. The number of fused-ring (bicyclic) bond motifs is 1. The second-order valence-corrected chi connectivity index (χ2v) is 8.14. The molecule has 5 rings (SSSR count). The highest BCUT2D eigenvalue weighted by atomic mass is 32.2. The lowest BCUT2D eigenvalue weighted by Gasteiger charge is -2.18. The monoisotopic (exact) mass is 465 g/mol. The quantitative estimate of drug-likeness (QED) is 0.296. The highest BCUT2D eigenvalue weighted by molar-refractivity contribution is 7.99. The summed E-state index contributed by atoms with van der Waals surface area (Å²) >= 11 is 1.20. The third kappa shape index (κ3) is 4.45. The molecule has 0 unspecified atom stereocenters. The number of halogens is 2. The second kappa shape index (κ2) is 9.03. The Balaban J connectivity index is 1.43. The largest absolute Gasteiger partial charge is 0.486 e. The first-order valence-corrected chi connectivity index (χ1v) is 11.1. The summed E-state index contributed by atoms with van der Waals surface area (Å²) in [6.07, 6.45) is 0. The third-order valence-electron chi connectivity index (χ3n) is 5.02. The van der Waals surface area contributed by atoms with Crippen molar-refractivity contribution >= 4 is 17.5 Å². The molecule has 2 heterocycles. The molecule has 0 atom stereocenters. The van der Waals surface area contributed by atoms with Crippen molar-refractivity contribution < 1.29 is 23.0 Å². The molecule has 0 radical (unpaired) electrons. The molecule has 4 aromatic rings. The number of ketones is 1. The summed E-state index contributed by atoms with van der Waals surface area (Å²) in [4.78, 5) is 12.8. The van der Waals surface area contributed by atoms with Crippen molar-refractivity contribution in [3.63, 3.8) is 0 Å². The fourth-order valence-corrected chi connectivity index (χ4v) is 4.25. The molecule has 0 saturated carbocycles. The molecule has 0 fully saturated rings. The van der Waals surface area contributed by atoms with Crippen LogP contribution in [-0.4, -0.2) is 39.5 Å². The van der Waals surface area contributed by atoms with Crippen LogP contribution in [0.15, 0.2) is 71.9 Å². The van der Waals surface area contributed by atoms with Crippen molar-refractivity contribution in [2.24, 2.45) is 0 Å². The van der Waals surface area contributed by atoms with Gasteiger partial charge >= 0.3 is 0 Å². The van der Waals surface area contributed by atoms with E-state index in [1.165, 1.54) is 36.0 Å². The first-order chi connectivity index (χ1) is 16.1. The molecule has 0 amide bonds. The lowest BCUT2D eigenvalue weighted by Crippen LogP contribution is -2.16. The number of aromatic nitrogens is 3. The van der Waals surface area contributed by atoms with Gasteiger partial charge < -0.3 is 9.47 Å². The summed E-state index contributed by atoms with van der Waals surface area (Å²) in [7, 11) is 0. The molecule has 1 aromatic heterocycles. The van der Waals surface area contributed by atoms with E-state index in [1.54, 1.807) is 47.0 Å². The first-order valence-electron chi connectivity index (χ1n) is 10.1. The van der Waals surface area contributed by atoms with Crippen LogP contribution in [0, 0.1) is 11.6 Å². The predicted octanol–water partition coefficient (Wildman–Crippen LogP) is 4.96. The van der Waals surface area contributed by atoms with Crippen LogP contribution in [0.25, 0.3) is 17.1 Å². The lowest BCUT2D eigenvalue weighted by atomic mass is 10.1. The van der Waals surface area contributed by atoms with Crippen LogP contribution in [0.1, 0.15) is 10.4 Å². The number of nitrogens with zero attached hydrogens (tertiary/aromatic N) is 3. The minimum absolute atomic E-state index is 0.0996. The molecule has 9 heteroatoms. The summed E-state index contributed by atoms with van der Waals surface area (Å²) in [5.74, 6) is 0.854. The molecular weight excluding hydrogens is 448 g/mol. The average Bonchev–Trinajstić information content (AvgIpc) is 3.27. The maximum absolute atomic E-state index is 13.5. The molecule has 166 valence electrons. The smallest absolute Gasteiger partial charge is 0.196 e. The van der Waals surface area contributed by atoms with Gasteiger partial charge in [-0.05, 0) is 66.7 Å². The van der Waals surface area contributed by atoms with Gasteiger partial charge in [-0.2, -0.15) is 0 Å². The summed E-state index contributed by atoms with van der Waals surface area (Å²) < 4.78 is 39.7. The van der Waals surface area contributed by atoms with Crippen molar-refractivity contribution in [2.75, 3.05) is 19.0 Å². The normalized spacial score (nSPS) is 12.5. The number of hydrogen-bond acceptors (Lipinski definition) is 6. The van der Waals surface area contributed by atoms with Crippen LogP contribution >= 0.6 is 11.8 Å². The van der Waals surface area contributed by atoms with E-state index in [9.17, 15) is 13.6 Å². The highest BCUT2D eigenvalue weighted by Gasteiger charge is 2.19. The van der Waals surface area contributed by atoms with Crippen molar-refractivity contribution in [1.82, 2.24) is 14.8 Å². The lowest BCUT2D eigenvalue weighted by molar-refractivity contribution is 0.102. The van der Waals surface area contributed by atoms with Gasteiger partial charge in [-0.3, -0.25) is 9.36 Å². The van der Waals surface area contributed by atoms with Crippen LogP contribution < -0.4 is 9.47 Å². The van der Waals surface area contributed by atoms with Gasteiger partial charge in [0, 0.05) is 16.8 Å². The van der Waals surface area contributed by atoms with Crippen LogP contribution in [0.5, 0.6) is 11.5 Å². The van der Waals surface area contributed by atoms with Crippen molar-refractivity contribution in [3.05, 3.63) is 83.9 Å². The number of carbonyl (C=O) groups is 1. The minimum atomic E-state index is -0.377. The zero-order chi connectivity index (χ0) is 22.8. The van der Waals surface area contributed by atoms with Gasteiger partial charge in [-0.25, -0.2) is 8.78 Å². The summed E-state index contributed by atoms with van der Waals surface area (Å²) in [6.45, 7) is 0.915. The molecule has 0 saturated heterocycles. The van der Waals surface area contributed by atoms with Crippen molar-refractivity contribution in [3.8, 4) is 28.6 Å². The maximum Gasteiger partial charge on any atom is 0.196 e. The Bertz CT molecular complexity index is 1310. The molecule has 6 nitrogen and oxygen atoms in total. The molecule has 0 spiro atoms. The van der Waals surface area contributed by atoms with E-state index in [4.69, 9.17) is 9.47 Å². The Labute approximate surface area is 192 Å². The SMILES string of the molecule is O=C(CSc1nnc(-c2ccc(F)cc2)n1-c1ccc(F)cc1)c1ccc2c(c1)OCCO2. The van der Waals surface area contributed by atoms with Gasteiger partial charge in [0.15, 0.2) is 28.3 Å². The van der Waals surface area contributed by atoms with E-state index in [1.807, 2.05) is 0 Å². The fraction of sp³-hybridized carbons (Fsp3) is 0.125. The highest BCUT2D eigenvalue weighted by Crippen LogP contribution is 2.32. The first kappa shape index (κ1) is 21.1. The van der Waals surface area contributed by atoms with Gasteiger partial charge in [0.2, 0.25) is 0 Å². The van der Waals surface area contributed by atoms with E-state index in [-0.39, 0.29) is 23.2 Å².